The molecule has 2 nitrogen and oxygen atoms in total. The number of para-hydroxylation sites is 1. The molecule has 15 heavy (non-hydrogen) atoms. The zero-order valence-electron chi connectivity index (χ0n) is 7.71. The molecule has 0 radical (unpaired) electrons. The monoisotopic (exact) mass is 215 g/mol. The maximum atomic E-state index is 12.0. The summed E-state index contributed by atoms with van der Waals surface area (Å²) < 4.78 is 39.7. The van der Waals surface area contributed by atoms with Crippen LogP contribution in [0.5, 0.6) is 5.75 Å². The Balaban J connectivity index is 2.82. The molecule has 0 fully saturated rings. The Hall–Kier alpha value is -1.70. The number of ether oxygens (including phenoxy) is 1. The molecule has 0 unspecified atom stereocenters. The van der Waals surface area contributed by atoms with Crippen molar-refractivity contribution in [1.29, 1.82) is 0 Å². The number of hydrogen-bond donors (Lipinski definition) is 0. The fraction of sp³-hybridized carbons (Fsp3) is 0.300. The maximum absolute atomic E-state index is 12.0. The second-order valence-electron chi connectivity index (χ2n) is 2.79. The highest BCUT2D eigenvalue weighted by molar-refractivity contribution is 5.33. The van der Waals surface area contributed by atoms with E-state index >= 15 is 0 Å². The third-order valence-corrected chi connectivity index (χ3v) is 1.69. The van der Waals surface area contributed by atoms with Crippen LogP contribution in [0.15, 0.2) is 24.3 Å². The number of halogens is 3. The van der Waals surface area contributed by atoms with Crippen molar-refractivity contribution in [3.63, 3.8) is 0 Å². The van der Waals surface area contributed by atoms with Crippen LogP contribution in [0.25, 0.3) is 4.85 Å². The zero-order valence-corrected chi connectivity index (χ0v) is 7.71. The van der Waals surface area contributed by atoms with E-state index in [1.807, 2.05) is 0 Å². The van der Waals surface area contributed by atoms with Crippen molar-refractivity contribution in [1.82, 2.24) is 0 Å². The van der Waals surface area contributed by atoms with Crippen molar-refractivity contribution in [2.75, 3.05) is 6.54 Å². The molecule has 1 rings (SSSR count). The lowest BCUT2D eigenvalue weighted by Gasteiger charge is -2.11. The van der Waals surface area contributed by atoms with Crippen LogP contribution in [0.3, 0.4) is 0 Å². The molecule has 0 aliphatic rings. The summed E-state index contributed by atoms with van der Waals surface area (Å²) in [6.07, 6.45) is -4.43. The summed E-state index contributed by atoms with van der Waals surface area (Å²) in [4.78, 5) is 3.08. The van der Waals surface area contributed by atoms with Crippen LogP contribution in [0.4, 0.5) is 13.2 Å². The fourth-order valence-electron chi connectivity index (χ4n) is 1.11. The highest BCUT2D eigenvalue weighted by Gasteiger charge is 2.31. The lowest BCUT2D eigenvalue weighted by molar-refractivity contribution is -0.274. The van der Waals surface area contributed by atoms with E-state index in [2.05, 4.69) is 9.58 Å². The maximum Gasteiger partial charge on any atom is 0.573 e. The lowest BCUT2D eigenvalue weighted by atomic mass is 10.1. The molecule has 0 spiro atoms. The molecular formula is C10H8F3NO. The van der Waals surface area contributed by atoms with Crippen LogP contribution in [0.1, 0.15) is 5.56 Å². The highest BCUT2D eigenvalue weighted by Crippen LogP contribution is 2.26. The quantitative estimate of drug-likeness (QED) is 0.706. The minimum atomic E-state index is -4.69. The summed E-state index contributed by atoms with van der Waals surface area (Å²) >= 11 is 0. The van der Waals surface area contributed by atoms with E-state index in [-0.39, 0.29) is 18.7 Å². The average Bonchev–Trinajstić information content (AvgIpc) is 2.14. The van der Waals surface area contributed by atoms with Crippen LogP contribution in [-0.4, -0.2) is 12.9 Å². The van der Waals surface area contributed by atoms with Crippen LogP contribution >= 0.6 is 0 Å². The van der Waals surface area contributed by atoms with Crippen LogP contribution in [0.2, 0.25) is 0 Å². The highest BCUT2D eigenvalue weighted by atomic mass is 19.4. The molecule has 0 amide bonds. The van der Waals surface area contributed by atoms with Crippen LogP contribution in [-0.2, 0) is 6.42 Å². The summed E-state index contributed by atoms with van der Waals surface area (Å²) in [5, 5.41) is 0. The van der Waals surface area contributed by atoms with Gasteiger partial charge in [0, 0.05) is 12.0 Å². The van der Waals surface area contributed by atoms with Crippen LogP contribution in [0, 0.1) is 6.57 Å². The van der Waals surface area contributed by atoms with E-state index in [0.717, 1.165) is 0 Å². The number of rotatable bonds is 3. The van der Waals surface area contributed by atoms with Gasteiger partial charge in [-0.2, -0.15) is 0 Å². The van der Waals surface area contributed by atoms with E-state index in [1.54, 1.807) is 6.07 Å². The van der Waals surface area contributed by atoms with Gasteiger partial charge >= 0.3 is 6.36 Å². The van der Waals surface area contributed by atoms with Gasteiger partial charge in [0.1, 0.15) is 5.75 Å². The Labute approximate surface area is 85.1 Å². The van der Waals surface area contributed by atoms with Crippen molar-refractivity contribution < 1.29 is 17.9 Å². The van der Waals surface area contributed by atoms with Gasteiger partial charge in [-0.3, -0.25) is 0 Å². The van der Waals surface area contributed by atoms with Crippen LogP contribution < -0.4 is 4.74 Å². The van der Waals surface area contributed by atoms with Gasteiger partial charge in [-0.1, -0.05) is 18.2 Å². The normalized spacial score (nSPS) is 10.8. The summed E-state index contributed by atoms with van der Waals surface area (Å²) in [7, 11) is 0. The van der Waals surface area contributed by atoms with Gasteiger partial charge in [0.05, 0.1) is 0 Å². The summed E-state index contributed by atoms with van der Waals surface area (Å²) in [6, 6.07) is 5.84. The van der Waals surface area contributed by atoms with Crippen molar-refractivity contribution in [3.8, 4) is 5.75 Å². The van der Waals surface area contributed by atoms with Gasteiger partial charge < -0.3 is 9.58 Å². The first kappa shape index (κ1) is 11.4. The lowest BCUT2D eigenvalue weighted by Crippen LogP contribution is -2.18. The molecule has 0 saturated heterocycles. The van der Waals surface area contributed by atoms with Crippen molar-refractivity contribution in [3.05, 3.63) is 41.2 Å². The first-order chi connectivity index (χ1) is 7.03. The Kier molecular flexibility index (Phi) is 3.56. The molecule has 0 heterocycles. The molecule has 0 bridgehead atoms. The minimum absolute atomic E-state index is 0.151. The number of nitrogens with zero attached hydrogens (tertiary/aromatic N) is 1. The van der Waals surface area contributed by atoms with Gasteiger partial charge in [-0.15, -0.1) is 13.2 Å². The zero-order chi connectivity index (χ0) is 11.3. The molecule has 0 aliphatic heterocycles. The molecule has 0 aliphatic carbocycles. The van der Waals surface area contributed by atoms with Gasteiger partial charge in [0.15, 0.2) is 0 Å². The van der Waals surface area contributed by atoms with Gasteiger partial charge in [-0.05, 0) is 6.07 Å². The number of alkyl halides is 3. The van der Waals surface area contributed by atoms with E-state index in [9.17, 15) is 13.2 Å². The molecule has 0 N–H and O–H groups in total. The molecule has 5 heteroatoms. The largest absolute Gasteiger partial charge is 0.573 e. The predicted octanol–water partition coefficient (Wildman–Crippen LogP) is 3.05. The molecule has 80 valence electrons. The number of hydrogen-bond acceptors (Lipinski definition) is 1. The van der Waals surface area contributed by atoms with Crippen molar-refractivity contribution >= 4 is 0 Å². The predicted molar refractivity (Wildman–Crippen MR) is 48.3 cm³/mol. The first-order valence-electron chi connectivity index (χ1n) is 4.20. The second kappa shape index (κ2) is 4.69. The topological polar surface area (TPSA) is 13.6 Å². The Morgan fingerprint density at radius 3 is 2.53 bits per heavy atom. The Bertz CT molecular complexity index is 368. The first-order valence-corrected chi connectivity index (χ1v) is 4.20. The minimum Gasteiger partial charge on any atom is -0.405 e. The third kappa shape index (κ3) is 3.90. The second-order valence-corrected chi connectivity index (χ2v) is 2.79. The van der Waals surface area contributed by atoms with Crippen molar-refractivity contribution in [2.24, 2.45) is 0 Å². The summed E-state index contributed by atoms with van der Waals surface area (Å²) in [5.41, 5.74) is 0.394. The molecular weight excluding hydrogens is 207 g/mol. The van der Waals surface area contributed by atoms with Gasteiger partial charge in [0.2, 0.25) is 6.54 Å². The Morgan fingerprint density at radius 2 is 1.93 bits per heavy atom. The fourth-order valence-corrected chi connectivity index (χ4v) is 1.11. The molecule has 1 aromatic rings. The summed E-state index contributed by atoms with van der Waals surface area (Å²) in [5.74, 6) is -0.228. The third-order valence-electron chi connectivity index (χ3n) is 1.69. The number of benzene rings is 1. The van der Waals surface area contributed by atoms with E-state index in [1.165, 1.54) is 18.2 Å². The van der Waals surface area contributed by atoms with Crippen molar-refractivity contribution in [2.45, 2.75) is 12.8 Å². The smallest absolute Gasteiger partial charge is 0.405 e. The van der Waals surface area contributed by atoms with E-state index in [0.29, 0.717) is 5.56 Å². The van der Waals surface area contributed by atoms with Gasteiger partial charge in [0.25, 0.3) is 0 Å². The molecule has 0 aromatic heterocycles. The molecule has 1 aromatic carbocycles. The SMILES string of the molecule is [C-]#[N+]CCc1ccccc1OC(F)(F)F. The standard InChI is InChI=1S/C10H8F3NO/c1-14-7-6-8-4-2-3-5-9(8)15-10(11,12)13/h2-5H,6-7H2. The average molecular weight is 215 g/mol. The molecule has 0 saturated carbocycles. The van der Waals surface area contributed by atoms with Gasteiger partial charge in [-0.25, -0.2) is 6.57 Å². The summed E-state index contributed by atoms with van der Waals surface area (Å²) in [6.45, 7) is 6.72. The van der Waals surface area contributed by atoms with E-state index < -0.39 is 6.36 Å². The van der Waals surface area contributed by atoms with E-state index in [4.69, 9.17) is 6.57 Å². The molecule has 0 atom stereocenters. The Morgan fingerprint density at radius 1 is 1.27 bits per heavy atom.